The first-order valence-electron chi connectivity index (χ1n) is 4.56. The Labute approximate surface area is 113 Å². The van der Waals surface area contributed by atoms with Crippen LogP contribution >= 0.6 is 31.9 Å². The highest BCUT2D eigenvalue weighted by molar-refractivity contribution is 9.12. The molecular weight excluding hydrogens is 356 g/mol. The molecule has 0 heterocycles. The maximum atomic E-state index is 11.8. The fourth-order valence-corrected chi connectivity index (χ4v) is 2.44. The van der Waals surface area contributed by atoms with Gasteiger partial charge in [0, 0.05) is 11.6 Å². The van der Waals surface area contributed by atoms with Gasteiger partial charge in [0.05, 0.1) is 20.1 Å². The number of aromatic hydroxyl groups is 2. The van der Waals surface area contributed by atoms with Crippen LogP contribution in [0.3, 0.4) is 0 Å². The Hall–Kier alpha value is -1.14. The van der Waals surface area contributed by atoms with Gasteiger partial charge in [0.25, 0.3) is 0 Å². The van der Waals surface area contributed by atoms with Crippen molar-refractivity contribution < 1.29 is 19.8 Å². The summed E-state index contributed by atoms with van der Waals surface area (Å²) in [6.07, 6.45) is 1.08. The monoisotopic (exact) mass is 360 g/mol. The highest BCUT2D eigenvalue weighted by Gasteiger charge is 2.32. The van der Waals surface area contributed by atoms with Crippen molar-refractivity contribution in [3.05, 3.63) is 31.7 Å². The number of carbonyl (C=O) groups is 2. The third kappa shape index (κ3) is 1.63. The molecule has 0 bridgehead atoms. The predicted octanol–water partition coefficient (Wildman–Crippen LogP) is 2.83. The summed E-state index contributed by atoms with van der Waals surface area (Å²) in [7, 11) is 0. The summed E-state index contributed by atoms with van der Waals surface area (Å²) in [5, 5.41) is 19.7. The number of Topliss-reactive ketones (excluding diaryl/α,β-unsaturated/α-hetero) is 1. The van der Waals surface area contributed by atoms with Crippen LogP contribution in [0.5, 0.6) is 11.5 Å². The van der Waals surface area contributed by atoms with Crippen LogP contribution in [0.4, 0.5) is 0 Å². The van der Waals surface area contributed by atoms with E-state index in [-0.39, 0.29) is 31.6 Å². The maximum Gasteiger partial charge on any atom is 0.204 e. The second-order valence-corrected chi connectivity index (χ2v) is 5.22. The summed E-state index contributed by atoms with van der Waals surface area (Å²) in [5.74, 6) is -1.68. The lowest BCUT2D eigenvalue weighted by Crippen LogP contribution is -2.15. The minimum absolute atomic E-state index is 0.0560. The number of hydrogen-bond acceptors (Lipinski definition) is 4. The van der Waals surface area contributed by atoms with E-state index < -0.39 is 11.6 Å². The topological polar surface area (TPSA) is 74.6 Å². The van der Waals surface area contributed by atoms with Gasteiger partial charge < -0.3 is 10.2 Å². The first-order chi connectivity index (χ1) is 7.86. The van der Waals surface area contributed by atoms with E-state index in [1.54, 1.807) is 0 Å². The zero-order chi connectivity index (χ0) is 12.9. The molecule has 4 nitrogen and oxygen atoms in total. The molecule has 0 spiro atoms. The number of phenols is 2. The number of fused-ring (bicyclic) bond motifs is 1. The number of halogens is 2. The van der Waals surface area contributed by atoms with Gasteiger partial charge in [-0.2, -0.15) is 0 Å². The molecule has 0 fully saturated rings. The average molecular weight is 362 g/mol. The Morgan fingerprint density at radius 3 is 2.24 bits per heavy atom. The number of benzene rings is 1. The predicted molar refractivity (Wildman–Crippen MR) is 67.9 cm³/mol. The number of allylic oxidation sites excluding steroid dienone is 2. The van der Waals surface area contributed by atoms with Crippen LogP contribution in [-0.4, -0.2) is 21.8 Å². The van der Waals surface area contributed by atoms with Gasteiger partial charge in [-0.25, -0.2) is 0 Å². The van der Waals surface area contributed by atoms with E-state index in [0.717, 1.165) is 6.08 Å². The van der Waals surface area contributed by atoms with Crippen LogP contribution < -0.4 is 0 Å². The minimum Gasteiger partial charge on any atom is -0.507 e. The maximum absolute atomic E-state index is 11.8. The summed E-state index contributed by atoms with van der Waals surface area (Å²) in [6.45, 7) is 1.53. The van der Waals surface area contributed by atoms with Crippen LogP contribution in [-0.2, 0) is 0 Å². The van der Waals surface area contributed by atoms with Gasteiger partial charge in [-0.1, -0.05) is 0 Å². The molecule has 0 aliphatic heterocycles. The smallest absolute Gasteiger partial charge is 0.204 e. The van der Waals surface area contributed by atoms with Crippen molar-refractivity contribution in [2.75, 3.05) is 0 Å². The highest BCUT2D eigenvalue weighted by Crippen LogP contribution is 2.43. The summed E-state index contributed by atoms with van der Waals surface area (Å²) in [6, 6.07) is 0. The SMILES string of the molecule is Cc1c(O)c2c(c(O)c1Br)C(=O)C(Br)=CC2=O. The van der Waals surface area contributed by atoms with E-state index in [1.807, 2.05) is 0 Å². The third-order valence-electron chi connectivity index (χ3n) is 2.56. The summed E-state index contributed by atoms with van der Waals surface area (Å²) >= 11 is 6.02. The molecule has 1 aliphatic carbocycles. The highest BCUT2D eigenvalue weighted by atomic mass is 79.9. The van der Waals surface area contributed by atoms with Gasteiger partial charge in [-0.15, -0.1) is 0 Å². The molecule has 0 saturated heterocycles. The molecule has 0 unspecified atom stereocenters. The van der Waals surface area contributed by atoms with Crippen molar-refractivity contribution >= 4 is 43.4 Å². The zero-order valence-electron chi connectivity index (χ0n) is 8.54. The molecule has 0 aromatic heterocycles. The molecule has 0 atom stereocenters. The van der Waals surface area contributed by atoms with Crippen LogP contribution in [0.15, 0.2) is 15.0 Å². The largest absolute Gasteiger partial charge is 0.507 e. The number of phenolic OH excluding ortho intramolecular Hbond substituents is 2. The van der Waals surface area contributed by atoms with E-state index in [4.69, 9.17) is 0 Å². The molecular formula is C11H6Br2O4. The Kier molecular flexibility index (Phi) is 2.87. The molecule has 1 aromatic carbocycles. The summed E-state index contributed by atoms with van der Waals surface area (Å²) < 4.78 is 0.262. The van der Waals surface area contributed by atoms with E-state index in [9.17, 15) is 19.8 Å². The van der Waals surface area contributed by atoms with Crippen LogP contribution in [0, 0.1) is 6.92 Å². The van der Waals surface area contributed by atoms with Crippen molar-refractivity contribution in [1.29, 1.82) is 0 Å². The van der Waals surface area contributed by atoms with Gasteiger partial charge in [-0.3, -0.25) is 9.59 Å². The zero-order valence-corrected chi connectivity index (χ0v) is 11.7. The van der Waals surface area contributed by atoms with Crippen molar-refractivity contribution in [2.45, 2.75) is 6.92 Å². The molecule has 2 N–H and O–H groups in total. The Morgan fingerprint density at radius 2 is 1.65 bits per heavy atom. The first-order valence-corrected chi connectivity index (χ1v) is 6.15. The molecule has 1 aliphatic rings. The Bertz CT molecular complexity index is 602. The third-order valence-corrected chi connectivity index (χ3v) is 4.12. The average Bonchev–Trinajstić information content (AvgIpc) is 2.28. The molecule has 0 saturated carbocycles. The van der Waals surface area contributed by atoms with Gasteiger partial charge in [0.15, 0.2) is 5.78 Å². The van der Waals surface area contributed by atoms with E-state index in [1.165, 1.54) is 6.92 Å². The van der Waals surface area contributed by atoms with Gasteiger partial charge in [0.1, 0.15) is 11.5 Å². The molecule has 1 aromatic rings. The van der Waals surface area contributed by atoms with E-state index >= 15 is 0 Å². The first kappa shape index (κ1) is 12.3. The molecule has 0 amide bonds. The van der Waals surface area contributed by atoms with Crippen molar-refractivity contribution in [3.63, 3.8) is 0 Å². The van der Waals surface area contributed by atoms with Gasteiger partial charge >= 0.3 is 0 Å². The van der Waals surface area contributed by atoms with Gasteiger partial charge in [0.2, 0.25) is 5.78 Å². The van der Waals surface area contributed by atoms with Crippen LogP contribution in [0.2, 0.25) is 0 Å². The van der Waals surface area contributed by atoms with Gasteiger partial charge in [-0.05, 0) is 38.8 Å². The molecule has 17 heavy (non-hydrogen) atoms. The fourth-order valence-electron chi connectivity index (χ4n) is 1.65. The number of ketones is 2. The molecule has 2 rings (SSSR count). The number of rotatable bonds is 0. The second-order valence-electron chi connectivity index (χ2n) is 3.57. The minimum atomic E-state index is -0.534. The van der Waals surface area contributed by atoms with E-state index in [0.29, 0.717) is 5.56 Å². The summed E-state index contributed by atoms with van der Waals surface area (Å²) in [5.41, 5.74) is -0.0235. The quantitative estimate of drug-likeness (QED) is 0.697. The van der Waals surface area contributed by atoms with Crippen molar-refractivity contribution in [3.8, 4) is 11.5 Å². The van der Waals surface area contributed by atoms with Crippen molar-refractivity contribution in [1.82, 2.24) is 0 Å². The molecule has 6 heteroatoms. The normalized spacial score (nSPS) is 14.6. The molecule has 0 radical (unpaired) electrons. The summed E-state index contributed by atoms with van der Waals surface area (Å²) in [4.78, 5) is 23.6. The van der Waals surface area contributed by atoms with Crippen LogP contribution in [0.1, 0.15) is 26.3 Å². The van der Waals surface area contributed by atoms with Crippen LogP contribution in [0.25, 0.3) is 0 Å². The van der Waals surface area contributed by atoms with E-state index in [2.05, 4.69) is 31.9 Å². The number of hydrogen-bond donors (Lipinski definition) is 2. The Balaban J connectivity index is 2.93. The Morgan fingerprint density at radius 1 is 1.06 bits per heavy atom. The molecule has 88 valence electrons. The lowest BCUT2D eigenvalue weighted by Gasteiger charge is -2.17. The standard InChI is InChI=1S/C11H6Br2O4/c1-3-8(13)11(17)7-6(9(3)15)5(14)2-4(12)10(7)16/h2,15,17H,1H3. The lowest BCUT2D eigenvalue weighted by atomic mass is 9.91. The fraction of sp³-hybridized carbons (Fsp3) is 0.0909. The van der Waals surface area contributed by atoms with Crippen molar-refractivity contribution in [2.24, 2.45) is 0 Å². The lowest BCUT2D eigenvalue weighted by molar-refractivity contribution is 0.0986. The number of carbonyl (C=O) groups excluding carboxylic acids is 2. The second kappa shape index (κ2) is 3.96.